The fourth-order valence-corrected chi connectivity index (χ4v) is 2.03. The van der Waals surface area contributed by atoms with Crippen molar-refractivity contribution in [1.82, 2.24) is 15.1 Å². The van der Waals surface area contributed by atoms with Crippen LogP contribution in [0.15, 0.2) is 51.6 Å². The van der Waals surface area contributed by atoms with E-state index in [9.17, 15) is 0 Å². The number of nitrogens with zero attached hydrogens (tertiary/aromatic N) is 3. The number of hydrogen-bond acceptors (Lipinski definition) is 5. The van der Waals surface area contributed by atoms with Crippen LogP contribution in [0.2, 0.25) is 0 Å². The molecule has 0 aliphatic carbocycles. The molecule has 6 heteroatoms. The van der Waals surface area contributed by atoms with Crippen molar-refractivity contribution in [2.24, 2.45) is 0 Å². The van der Waals surface area contributed by atoms with Crippen molar-refractivity contribution in [3.63, 3.8) is 0 Å². The van der Waals surface area contributed by atoms with Crippen LogP contribution in [0.4, 0.5) is 5.69 Å². The third-order valence-electron chi connectivity index (χ3n) is 2.78. The minimum absolute atomic E-state index is 0.454. The van der Waals surface area contributed by atoms with Crippen molar-refractivity contribution in [2.75, 3.05) is 5.73 Å². The van der Waals surface area contributed by atoms with E-state index in [1.807, 2.05) is 30.3 Å². The summed E-state index contributed by atoms with van der Waals surface area (Å²) in [4.78, 5) is 8.59. The molecule has 2 aromatic heterocycles. The Kier molecular flexibility index (Phi) is 3.47. The maximum atomic E-state index is 5.84. The van der Waals surface area contributed by atoms with Crippen molar-refractivity contribution >= 4 is 21.6 Å². The highest BCUT2D eigenvalue weighted by Crippen LogP contribution is 2.26. The second kappa shape index (κ2) is 5.42. The zero-order valence-electron chi connectivity index (χ0n) is 10.5. The number of anilines is 1. The molecule has 0 fully saturated rings. The number of benzene rings is 1. The molecule has 1 aromatic carbocycles. The molecule has 2 heterocycles. The Labute approximate surface area is 124 Å². The maximum absolute atomic E-state index is 5.84. The molecule has 0 amide bonds. The summed E-state index contributed by atoms with van der Waals surface area (Å²) >= 11 is 3.35. The zero-order valence-corrected chi connectivity index (χ0v) is 12.0. The minimum atomic E-state index is 0.454. The van der Waals surface area contributed by atoms with E-state index >= 15 is 0 Å². The third kappa shape index (κ3) is 2.70. The van der Waals surface area contributed by atoms with Crippen molar-refractivity contribution in [1.29, 1.82) is 0 Å². The highest BCUT2D eigenvalue weighted by Gasteiger charge is 2.10. The van der Waals surface area contributed by atoms with Gasteiger partial charge in [0.15, 0.2) is 5.82 Å². The van der Waals surface area contributed by atoms with Crippen LogP contribution < -0.4 is 5.73 Å². The fourth-order valence-electron chi connectivity index (χ4n) is 1.78. The normalized spacial score (nSPS) is 10.7. The number of halogens is 1. The molecule has 0 spiro atoms. The summed E-state index contributed by atoms with van der Waals surface area (Å²) in [6.45, 7) is 0. The number of hydrogen-bond donors (Lipinski definition) is 1. The lowest BCUT2D eigenvalue weighted by molar-refractivity contribution is 0.423. The van der Waals surface area contributed by atoms with E-state index in [0.717, 1.165) is 15.7 Å². The first-order valence-corrected chi connectivity index (χ1v) is 6.79. The predicted molar refractivity (Wildman–Crippen MR) is 78.9 cm³/mol. The van der Waals surface area contributed by atoms with E-state index in [1.54, 1.807) is 12.3 Å². The molecule has 0 aliphatic heterocycles. The van der Waals surface area contributed by atoms with Gasteiger partial charge in [-0.25, -0.2) is 0 Å². The molecule has 3 aromatic rings. The first kappa shape index (κ1) is 12.8. The Hall–Kier alpha value is -2.21. The van der Waals surface area contributed by atoms with Crippen LogP contribution >= 0.6 is 15.9 Å². The van der Waals surface area contributed by atoms with E-state index in [0.29, 0.717) is 23.8 Å². The largest absolute Gasteiger partial charge is 0.398 e. The number of aromatic nitrogens is 3. The lowest BCUT2D eigenvalue weighted by Crippen LogP contribution is -1.93. The van der Waals surface area contributed by atoms with Gasteiger partial charge in [0.25, 0.3) is 5.89 Å². The van der Waals surface area contributed by atoms with Gasteiger partial charge >= 0.3 is 0 Å². The molecular formula is C14H11BrN4O. The summed E-state index contributed by atoms with van der Waals surface area (Å²) in [7, 11) is 0. The molecule has 100 valence electrons. The molecule has 2 N–H and O–H groups in total. The summed E-state index contributed by atoms with van der Waals surface area (Å²) in [6.07, 6.45) is 2.28. The van der Waals surface area contributed by atoms with Crippen molar-refractivity contribution < 1.29 is 4.52 Å². The summed E-state index contributed by atoms with van der Waals surface area (Å²) in [5.74, 6) is 1.05. The predicted octanol–water partition coefficient (Wildman–Crippen LogP) is 3.07. The number of rotatable bonds is 3. The SMILES string of the molecule is Nc1cc(-c2nc(Cc3ccccn3)no2)ccc1Br. The Morgan fingerprint density at radius 3 is 2.85 bits per heavy atom. The van der Waals surface area contributed by atoms with E-state index in [4.69, 9.17) is 10.3 Å². The Morgan fingerprint density at radius 2 is 2.10 bits per heavy atom. The van der Waals surface area contributed by atoms with Crippen molar-refractivity contribution in [2.45, 2.75) is 6.42 Å². The van der Waals surface area contributed by atoms with Gasteiger partial charge in [-0.1, -0.05) is 11.2 Å². The number of pyridine rings is 1. The van der Waals surface area contributed by atoms with Gasteiger partial charge in [0.2, 0.25) is 0 Å². The van der Waals surface area contributed by atoms with Crippen molar-refractivity contribution in [3.05, 3.63) is 58.6 Å². The summed E-state index contributed by atoms with van der Waals surface area (Å²) in [6, 6.07) is 11.2. The topological polar surface area (TPSA) is 77.8 Å². The van der Waals surface area contributed by atoms with Crippen LogP contribution in [0, 0.1) is 0 Å². The quantitative estimate of drug-likeness (QED) is 0.746. The first-order chi connectivity index (χ1) is 9.72. The minimum Gasteiger partial charge on any atom is -0.398 e. The van der Waals surface area contributed by atoms with Gasteiger partial charge < -0.3 is 10.3 Å². The van der Waals surface area contributed by atoms with E-state index in [-0.39, 0.29) is 0 Å². The highest BCUT2D eigenvalue weighted by atomic mass is 79.9. The molecule has 5 nitrogen and oxygen atoms in total. The van der Waals surface area contributed by atoms with Gasteiger partial charge in [-0.15, -0.1) is 0 Å². The standard InChI is InChI=1S/C14H11BrN4O/c15-11-5-4-9(7-12(11)16)14-18-13(19-20-14)8-10-3-1-2-6-17-10/h1-7H,8,16H2. The van der Waals surface area contributed by atoms with Gasteiger partial charge in [0, 0.05) is 27.6 Å². The van der Waals surface area contributed by atoms with E-state index in [1.165, 1.54) is 0 Å². The van der Waals surface area contributed by atoms with Crippen LogP contribution in [0.5, 0.6) is 0 Å². The van der Waals surface area contributed by atoms with Gasteiger partial charge in [-0.05, 0) is 46.3 Å². The van der Waals surface area contributed by atoms with Crippen LogP contribution in [-0.4, -0.2) is 15.1 Å². The third-order valence-corrected chi connectivity index (χ3v) is 3.50. The number of nitrogen functional groups attached to an aromatic ring is 1. The monoisotopic (exact) mass is 330 g/mol. The Balaban J connectivity index is 1.84. The second-order valence-corrected chi connectivity index (χ2v) is 5.10. The molecule has 0 saturated heterocycles. The molecule has 0 saturated carbocycles. The first-order valence-electron chi connectivity index (χ1n) is 6.00. The fraction of sp³-hybridized carbons (Fsp3) is 0.0714. The summed E-state index contributed by atoms with van der Waals surface area (Å²) in [5, 5.41) is 3.96. The van der Waals surface area contributed by atoms with Crippen LogP contribution in [0.1, 0.15) is 11.5 Å². The second-order valence-electron chi connectivity index (χ2n) is 4.25. The summed E-state index contributed by atoms with van der Waals surface area (Å²) < 4.78 is 6.10. The van der Waals surface area contributed by atoms with Gasteiger partial charge in [0.1, 0.15) is 0 Å². The van der Waals surface area contributed by atoms with Crippen LogP contribution in [0.3, 0.4) is 0 Å². The lowest BCUT2D eigenvalue weighted by Gasteiger charge is -1.99. The maximum Gasteiger partial charge on any atom is 0.258 e. The molecule has 0 bridgehead atoms. The molecule has 3 rings (SSSR count). The van der Waals surface area contributed by atoms with E-state index in [2.05, 4.69) is 31.1 Å². The van der Waals surface area contributed by atoms with Crippen molar-refractivity contribution in [3.8, 4) is 11.5 Å². The molecular weight excluding hydrogens is 320 g/mol. The Bertz CT molecular complexity index is 727. The molecule has 0 radical (unpaired) electrons. The van der Waals surface area contributed by atoms with Crippen LogP contribution in [0.25, 0.3) is 11.5 Å². The van der Waals surface area contributed by atoms with E-state index < -0.39 is 0 Å². The Morgan fingerprint density at radius 1 is 1.20 bits per heavy atom. The molecule has 20 heavy (non-hydrogen) atoms. The smallest absolute Gasteiger partial charge is 0.258 e. The average Bonchev–Trinajstić information content (AvgIpc) is 2.91. The van der Waals surface area contributed by atoms with Gasteiger partial charge in [0.05, 0.1) is 6.42 Å². The average molecular weight is 331 g/mol. The van der Waals surface area contributed by atoms with Crippen LogP contribution in [-0.2, 0) is 6.42 Å². The lowest BCUT2D eigenvalue weighted by atomic mass is 10.2. The molecule has 0 unspecified atom stereocenters. The molecule has 0 atom stereocenters. The highest BCUT2D eigenvalue weighted by molar-refractivity contribution is 9.10. The van der Waals surface area contributed by atoms with Gasteiger partial charge in [-0.3, -0.25) is 4.98 Å². The van der Waals surface area contributed by atoms with Gasteiger partial charge in [-0.2, -0.15) is 4.98 Å². The zero-order chi connectivity index (χ0) is 13.9. The number of nitrogens with two attached hydrogens (primary N) is 1. The molecule has 0 aliphatic rings. The summed E-state index contributed by atoms with van der Waals surface area (Å²) in [5.41, 5.74) is 8.17.